The lowest BCUT2D eigenvalue weighted by atomic mass is 9.83. The second-order valence-corrected chi connectivity index (χ2v) is 6.87. The molecule has 0 aliphatic carbocycles. The second kappa shape index (κ2) is 7.72. The Morgan fingerprint density at radius 2 is 1.86 bits per heavy atom. The zero-order chi connectivity index (χ0) is 16.2. The van der Waals surface area contributed by atoms with Crippen LogP contribution in [0.25, 0.3) is 0 Å². The highest BCUT2D eigenvalue weighted by Gasteiger charge is 2.40. The number of aliphatic hydroxyl groups is 1. The minimum Gasteiger partial charge on any atom is -0.385 e. The van der Waals surface area contributed by atoms with Crippen LogP contribution in [0.2, 0.25) is 0 Å². The topological polar surface area (TPSA) is 44.5 Å². The average molecular weight is 361 g/mol. The van der Waals surface area contributed by atoms with Gasteiger partial charge in [-0.3, -0.25) is 4.68 Å². The molecule has 1 aromatic rings. The number of hydrogen-bond acceptors (Lipinski definition) is 4. The predicted octanol–water partition coefficient (Wildman–Crippen LogP) is 2.36. The van der Waals surface area contributed by atoms with E-state index in [2.05, 4.69) is 44.7 Å². The van der Waals surface area contributed by atoms with Crippen LogP contribution in [0, 0.1) is 0 Å². The lowest BCUT2D eigenvalue weighted by molar-refractivity contribution is -0.0204. The SMILES string of the molecule is CCC(CC)(C(O)c1c(Br)cnn1CCN(C)C)N(C)C. The van der Waals surface area contributed by atoms with Crippen molar-refractivity contribution in [2.75, 3.05) is 34.7 Å². The number of hydrogen-bond donors (Lipinski definition) is 1. The molecule has 21 heavy (non-hydrogen) atoms. The van der Waals surface area contributed by atoms with Gasteiger partial charge in [-0.1, -0.05) is 13.8 Å². The summed E-state index contributed by atoms with van der Waals surface area (Å²) in [7, 11) is 8.14. The third-order valence-electron chi connectivity index (χ3n) is 4.48. The molecule has 0 aliphatic heterocycles. The minimum absolute atomic E-state index is 0.279. The average Bonchev–Trinajstić information content (AvgIpc) is 2.78. The van der Waals surface area contributed by atoms with Crippen LogP contribution >= 0.6 is 15.9 Å². The van der Waals surface area contributed by atoms with Gasteiger partial charge in [-0.25, -0.2) is 0 Å². The summed E-state index contributed by atoms with van der Waals surface area (Å²) in [6.45, 7) is 5.91. The molecule has 1 heterocycles. The van der Waals surface area contributed by atoms with E-state index in [0.717, 1.165) is 36.1 Å². The summed E-state index contributed by atoms with van der Waals surface area (Å²) >= 11 is 3.55. The molecule has 0 amide bonds. The van der Waals surface area contributed by atoms with Gasteiger partial charge in [0.15, 0.2) is 0 Å². The first-order valence-corrected chi connectivity index (χ1v) is 8.30. The van der Waals surface area contributed by atoms with Crippen LogP contribution in [-0.4, -0.2) is 65.0 Å². The van der Waals surface area contributed by atoms with Gasteiger partial charge in [0.25, 0.3) is 0 Å². The van der Waals surface area contributed by atoms with Crippen molar-refractivity contribution in [1.29, 1.82) is 0 Å². The third-order valence-corrected chi connectivity index (χ3v) is 5.09. The van der Waals surface area contributed by atoms with Gasteiger partial charge in [-0.05, 0) is 57.0 Å². The Morgan fingerprint density at radius 1 is 1.29 bits per heavy atom. The van der Waals surface area contributed by atoms with Crippen LogP contribution in [0.5, 0.6) is 0 Å². The first-order valence-electron chi connectivity index (χ1n) is 7.51. The summed E-state index contributed by atoms with van der Waals surface area (Å²) in [6, 6.07) is 0. The third kappa shape index (κ3) is 3.86. The maximum atomic E-state index is 11.1. The summed E-state index contributed by atoms with van der Waals surface area (Å²) in [5.74, 6) is 0. The van der Waals surface area contributed by atoms with E-state index in [9.17, 15) is 5.11 Å². The number of aliphatic hydroxyl groups excluding tert-OH is 1. The number of likely N-dealkylation sites (N-methyl/N-ethyl adjacent to an activating group) is 2. The lowest BCUT2D eigenvalue weighted by Gasteiger charge is -2.42. The van der Waals surface area contributed by atoms with Gasteiger partial charge in [-0.15, -0.1) is 0 Å². The fourth-order valence-corrected chi connectivity index (χ4v) is 3.40. The zero-order valence-corrected chi connectivity index (χ0v) is 15.7. The van der Waals surface area contributed by atoms with Crippen LogP contribution in [-0.2, 0) is 6.54 Å². The first-order chi connectivity index (χ1) is 9.80. The molecule has 6 heteroatoms. The number of aromatic nitrogens is 2. The lowest BCUT2D eigenvalue weighted by Crippen LogP contribution is -2.49. The van der Waals surface area contributed by atoms with Crippen LogP contribution in [0.15, 0.2) is 10.7 Å². The highest BCUT2D eigenvalue weighted by atomic mass is 79.9. The molecule has 1 unspecified atom stereocenters. The Hall–Kier alpha value is -0.430. The predicted molar refractivity (Wildman–Crippen MR) is 90.4 cm³/mol. The molecular formula is C15H29BrN4O. The zero-order valence-electron chi connectivity index (χ0n) is 14.1. The Balaban J connectivity index is 3.16. The van der Waals surface area contributed by atoms with Crippen LogP contribution < -0.4 is 0 Å². The molecule has 1 N–H and O–H groups in total. The molecule has 5 nitrogen and oxygen atoms in total. The van der Waals surface area contributed by atoms with Crippen molar-refractivity contribution in [3.63, 3.8) is 0 Å². The van der Waals surface area contributed by atoms with Gasteiger partial charge in [0.05, 0.1) is 28.4 Å². The van der Waals surface area contributed by atoms with Crippen molar-refractivity contribution in [1.82, 2.24) is 19.6 Å². The van der Waals surface area contributed by atoms with Crippen molar-refractivity contribution in [3.05, 3.63) is 16.4 Å². The van der Waals surface area contributed by atoms with E-state index in [1.54, 1.807) is 6.20 Å². The maximum Gasteiger partial charge on any atom is 0.115 e. The van der Waals surface area contributed by atoms with Gasteiger partial charge in [-0.2, -0.15) is 5.10 Å². The van der Waals surface area contributed by atoms with E-state index in [0.29, 0.717) is 0 Å². The largest absolute Gasteiger partial charge is 0.385 e. The van der Waals surface area contributed by atoms with Crippen LogP contribution in [0.1, 0.15) is 38.5 Å². The molecule has 1 aromatic heterocycles. The molecule has 0 fully saturated rings. The number of halogens is 1. The Labute approximate surface area is 137 Å². The molecule has 122 valence electrons. The van der Waals surface area contributed by atoms with Crippen molar-refractivity contribution < 1.29 is 5.11 Å². The van der Waals surface area contributed by atoms with Crippen molar-refractivity contribution in [2.24, 2.45) is 0 Å². The molecule has 0 radical (unpaired) electrons. The van der Waals surface area contributed by atoms with E-state index < -0.39 is 6.10 Å². The van der Waals surface area contributed by atoms with E-state index in [4.69, 9.17) is 0 Å². The fourth-order valence-electron chi connectivity index (χ4n) is 2.88. The molecule has 0 aromatic carbocycles. The number of rotatable bonds is 8. The highest BCUT2D eigenvalue weighted by molar-refractivity contribution is 9.10. The molecule has 1 atom stereocenters. The van der Waals surface area contributed by atoms with Gasteiger partial charge in [0.1, 0.15) is 6.10 Å². The Kier molecular flexibility index (Phi) is 6.84. The van der Waals surface area contributed by atoms with Crippen molar-refractivity contribution in [2.45, 2.75) is 44.9 Å². The Morgan fingerprint density at radius 3 is 2.29 bits per heavy atom. The fraction of sp³-hybridized carbons (Fsp3) is 0.800. The summed E-state index contributed by atoms with van der Waals surface area (Å²) in [4.78, 5) is 4.25. The molecular weight excluding hydrogens is 332 g/mol. The van der Waals surface area contributed by atoms with Crippen molar-refractivity contribution >= 4 is 15.9 Å². The summed E-state index contributed by atoms with van der Waals surface area (Å²) < 4.78 is 2.79. The quantitative estimate of drug-likeness (QED) is 0.772. The summed E-state index contributed by atoms with van der Waals surface area (Å²) in [5.41, 5.74) is 0.590. The van der Waals surface area contributed by atoms with Gasteiger partial charge >= 0.3 is 0 Å². The monoisotopic (exact) mass is 360 g/mol. The number of nitrogens with zero attached hydrogens (tertiary/aromatic N) is 4. The molecule has 1 rings (SSSR count). The maximum absolute atomic E-state index is 11.1. The van der Waals surface area contributed by atoms with Crippen LogP contribution in [0.4, 0.5) is 0 Å². The standard InChI is InChI=1S/C15H29BrN4O/c1-7-15(8-2,19(5)6)14(21)13-12(16)11-17-20(13)10-9-18(3)4/h11,14,21H,7-10H2,1-6H3. The normalized spacial score (nSPS) is 14.2. The summed E-state index contributed by atoms with van der Waals surface area (Å²) in [5, 5.41) is 15.5. The second-order valence-electron chi connectivity index (χ2n) is 6.01. The van der Waals surface area contributed by atoms with Gasteiger partial charge in [0.2, 0.25) is 0 Å². The van der Waals surface area contributed by atoms with E-state index in [-0.39, 0.29) is 5.54 Å². The minimum atomic E-state index is -0.582. The summed E-state index contributed by atoms with van der Waals surface area (Å²) in [6.07, 6.45) is 2.95. The molecule has 0 bridgehead atoms. The molecule has 0 aliphatic rings. The Bertz CT molecular complexity index is 441. The molecule has 0 saturated carbocycles. The first kappa shape index (κ1) is 18.6. The van der Waals surface area contributed by atoms with E-state index >= 15 is 0 Å². The van der Waals surface area contributed by atoms with Crippen LogP contribution in [0.3, 0.4) is 0 Å². The molecule has 0 saturated heterocycles. The smallest absolute Gasteiger partial charge is 0.115 e. The van der Waals surface area contributed by atoms with Gasteiger partial charge in [0, 0.05) is 6.54 Å². The van der Waals surface area contributed by atoms with Crippen molar-refractivity contribution in [3.8, 4) is 0 Å². The highest BCUT2D eigenvalue weighted by Crippen LogP contribution is 2.38. The molecule has 0 spiro atoms. The van der Waals surface area contributed by atoms with E-state index in [1.807, 2.05) is 32.9 Å². The van der Waals surface area contributed by atoms with E-state index in [1.165, 1.54) is 0 Å². The van der Waals surface area contributed by atoms with Gasteiger partial charge < -0.3 is 14.9 Å².